The molecule has 7 aromatic carbocycles. The van der Waals surface area contributed by atoms with Crippen molar-refractivity contribution >= 4 is 17.1 Å². The zero-order valence-corrected chi connectivity index (χ0v) is 28.1. The van der Waals surface area contributed by atoms with Gasteiger partial charge < -0.3 is 4.90 Å². The second-order valence-electron chi connectivity index (χ2n) is 14.4. The number of hydrogen-bond donors (Lipinski definition) is 0. The molecule has 0 unspecified atom stereocenters. The molecule has 4 heteroatoms. The Kier molecular flexibility index (Phi) is 6.08. The Hall–Kier alpha value is -5.87. The lowest BCUT2D eigenvalue weighted by Gasteiger charge is -2.32. The van der Waals surface area contributed by atoms with E-state index in [-0.39, 0.29) is 5.41 Å². The van der Waals surface area contributed by atoms with E-state index < -0.39 is 17.2 Å². The van der Waals surface area contributed by atoms with Crippen LogP contribution in [0.2, 0.25) is 0 Å². The number of alkyl halides is 3. The average Bonchev–Trinajstić information content (AvgIpc) is 3.70. The fourth-order valence-electron chi connectivity index (χ4n) is 9.30. The minimum absolute atomic E-state index is 0.241. The van der Waals surface area contributed by atoms with Crippen LogP contribution >= 0.6 is 0 Å². The lowest BCUT2D eigenvalue weighted by atomic mass is 9.70. The molecule has 0 aromatic heterocycles. The van der Waals surface area contributed by atoms with Gasteiger partial charge in [0.05, 0.1) is 11.0 Å². The molecule has 1 spiro atoms. The van der Waals surface area contributed by atoms with Gasteiger partial charge in [0, 0.05) is 22.5 Å². The number of benzene rings is 7. The summed E-state index contributed by atoms with van der Waals surface area (Å²) in [5.74, 6) is 0. The van der Waals surface area contributed by atoms with Crippen molar-refractivity contribution in [2.24, 2.45) is 0 Å². The molecule has 246 valence electrons. The predicted octanol–water partition coefficient (Wildman–Crippen LogP) is 12.8. The van der Waals surface area contributed by atoms with E-state index in [1.165, 1.54) is 78.9 Å². The van der Waals surface area contributed by atoms with Crippen LogP contribution in [0.3, 0.4) is 0 Å². The summed E-state index contributed by atoms with van der Waals surface area (Å²) in [6, 6.07) is 53.2. The highest BCUT2D eigenvalue weighted by molar-refractivity contribution is 5.96. The first-order valence-corrected chi connectivity index (χ1v) is 17.3. The standard InChI is InChI=1S/C47H32F3N/c1-45(2)39-15-7-3-11-33(39)37-25-23-31(27-43(37)45)51(30-21-19-29(20-22-30)47(48,49)50)32-24-26-38-36-14-6-10-18-42(36)46(44(38)28-32)40-16-8-4-12-34(40)35-13-5-9-17-41(35)46/h3-28H,1-2H3. The van der Waals surface area contributed by atoms with Gasteiger partial charge >= 0.3 is 6.18 Å². The Morgan fingerprint density at radius 2 is 0.765 bits per heavy atom. The van der Waals surface area contributed by atoms with Gasteiger partial charge in [0.1, 0.15) is 0 Å². The zero-order chi connectivity index (χ0) is 34.7. The smallest absolute Gasteiger partial charge is 0.310 e. The van der Waals surface area contributed by atoms with E-state index in [0.29, 0.717) is 5.69 Å². The van der Waals surface area contributed by atoms with Gasteiger partial charge in [0.25, 0.3) is 0 Å². The number of hydrogen-bond acceptors (Lipinski definition) is 1. The molecular weight excluding hydrogens is 636 g/mol. The third-order valence-electron chi connectivity index (χ3n) is 11.5. The molecule has 0 amide bonds. The van der Waals surface area contributed by atoms with Crippen molar-refractivity contribution < 1.29 is 13.2 Å². The highest BCUT2D eigenvalue weighted by atomic mass is 19.4. The van der Waals surface area contributed by atoms with Crippen LogP contribution in [0.4, 0.5) is 30.2 Å². The molecule has 0 aliphatic heterocycles. The molecule has 0 radical (unpaired) electrons. The van der Waals surface area contributed by atoms with Crippen molar-refractivity contribution in [3.63, 3.8) is 0 Å². The van der Waals surface area contributed by atoms with Crippen molar-refractivity contribution in [2.45, 2.75) is 30.9 Å². The van der Waals surface area contributed by atoms with Gasteiger partial charge in [0.2, 0.25) is 0 Å². The zero-order valence-electron chi connectivity index (χ0n) is 28.1. The van der Waals surface area contributed by atoms with Crippen molar-refractivity contribution in [1.29, 1.82) is 0 Å². The van der Waals surface area contributed by atoms with E-state index in [1.807, 2.05) is 0 Å². The summed E-state index contributed by atoms with van der Waals surface area (Å²) >= 11 is 0. The Morgan fingerprint density at radius 3 is 1.25 bits per heavy atom. The molecular formula is C47H32F3N. The molecule has 3 aliphatic rings. The van der Waals surface area contributed by atoms with Crippen LogP contribution in [0, 0.1) is 0 Å². The van der Waals surface area contributed by atoms with Crippen LogP contribution in [-0.4, -0.2) is 0 Å². The molecule has 3 aliphatic carbocycles. The maximum absolute atomic E-state index is 13.8. The van der Waals surface area contributed by atoms with Crippen molar-refractivity contribution in [1.82, 2.24) is 0 Å². The number of anilines is 3. The molecule has 0 N–H and O–H groups in total. The molecule has 0 saturated heterocycles. The fourth-order valence-corrected chi connectivity index (χ4v) is 9.30. The maximum atomic E-state index is 13.8. The van der Waals surface area contributed by atoms with Crippen LogP contribution in [0.15, 0.2) is 158 Å². The van der Waals surface area contributed by atoms with Gasteiger partial charge in [-0.05, 0) is 115 Å². The van der Waals surface area contributed by atoms with Gasteiger partial charge in [-0.3, -0.25) is 0 Å². The van der Waals surface area contributed by atoms with E-state index in [9.17, 15) is 13.2 Å². The normalized spacial score (nSPS) is 15.1. The Labute approximate surface area is 295 Å². The largest absolute Gasteiger partial charge is 0.416 e. The second kappa shape index (κ2) is 10.3. The minimum Gasteiger partial charge on any atom is -0.310 e. The maximum Gasteiger partial charge on any atom is 0.416 e. The van der Waals surface area contributed by atoms with E-state index in [1.54, 1.807) is 12.1 Å². The lowest BCUT2D eigenvalue weighted by Crippen LogP contribution is -2.26. The molecule has 10 rings (SSSR count). The SMILES string of the molecule is CC1(C)c2ccccc2-c2ccc(N(c3ccc(C(F)(F)F)cc3)c3ccc4c(c3)C3(c5ccccc5-c5ccccc53)c3ccccc3-4)cc21. The molecule has 0 bridgehead atoms. The van der Waals surface area contributed by atoms with Crippen molar-refractivity contribution in [3.8, 4) is 33.4 Å². The van der Waals surface area contributed by atoms with Crippen LogP contribution in [0.25, 0.3) is 33.4 Å². The van der Waals surface area contributed by atoms with E-state index >= 15 is 0 Å². The first kappa shape index (κ1) is 30.0. The van der Waals surface area contributed by atoms with Gasteiger partial charge in [0.15, 0.2) is 0 Å². The quantitative estimate of drug-likeness (QED) is 0.181. The molecule has 0 heterocycles. The number of rotatable bonds is 3. The molecule has 0 fully saturated rings. The molecule has 1 nitrogen and oxygen atoms in total. The summed E-state index contributed by atoms with van der Waals surface area (Å²) in [5, 5.41) is 0. The Bertz CT molecular complexity index is 2490. The summed E-state index contributed by atoms with van der Waals surface area (Å²) in [4.78, 5) is 2.11. The van der Waals surface area contributed by atoms with Gasteiger partial charge in [-0.15, -0.1) is 0 Å². The predicted molar refractivity (Wildman–Crippen MR) is 200 cm³/mol. The average molecular weight is 668 g/mol. The van der Waals surface area contributed by atoms with Crippen molar-refractivity contribution in [3.05, 3.63) is 197 Å². The fraction of sp³-hybridized carbons (Fsp3) is 0.106. The summed E-state index contributed by atoms with van der Waals surface area (Å²) in [6.45, 7) is 4.49. The highest BCUT2D eigenvalue weighted by Gasteiger charge is 2.51. The molecule has 0 saturated carbocycles. The highest BCUT2D eigenvalue weighted by Crippen LogP contribution is 2.63. The first-order chi connectivity index (χ1) is 24.7. The Balaban J connectivity index is 1.23. The minimum atomic E-state index is -4.43. The third-order valence-corrected chi connectivity index (χ3v) is 11.5. The lowest BCUT2D eigenvalue weighted by molar-refractivity contribution is -0.137. The summed E-state index contributed by atoms with van der Waals surface area (Å²) in [7, 11) is 0. The van der Waals surface area contributed by atoms with Crippen LogP contribution in [0.1, 0.15) is 52.8 Å². The number of fused-ring (bicyclic) bond motifs is 13. The summed E-state index contributed by atoms with van der Waals surface area (Å²) in [6.07, 6.45) is -4.43. The topological polar surface area (TPSA) is 3.24 Å². The first-order valence-electron chi connectivity index (χ1n) is 17.3. The summed E-state index contributed by atoms with van der Waals surface area (Å²) in [5.41, 5.74) is 15.6. The van der Waals surface area contributed by atoms with Crippen molar-refractivity contribution in [2.75, 3.05) is 4.90 Å². The van der Waals surface area contributed by atoms with E-state index in [2.05, 4.69) is 152 Å². The van der Waals surface area contributed by atoms with Crippen LogP contribution in [-0.2, 0) is 17.0 Å². The third kappa shape index (κ3) is 3.99. The molecule has 7 aromatic rings. The summed E-state index contributed by atoms with van der Waals surface area (Å²) < 4.78 is 41.4. The monoisotopic (exact) mass is 667 g/mol. The molecule has 0 atom stereocenters. The van der Waals surface area contributed by atoms with Gasteiger partial charge in [-0.25, -0.2) is 0 Å². The van der Waals surface area contributed by atoms with Crippen LogP contribution < -0.4 is 4.90 Å². The van der Waals surface area contributed by atoms with E-state index in [0.717, 1.165) is 11.4 Å². The van der Waals surface area contributed by atoms with Gasteiger partial charge in [-0.2, -0.15) is 13.2 Å². The Morgan fingerprint density at radius 1 is 0.392 bits per heavy atom. The van der Waals surface area contributed by atoms with Gasteiger partial charge in [-0.1, -0.05) is 123 Å². The van der Waals surface area contributed by atoms with E-state index in [4.69, 9.17) is 0 Å². The van der Waals surface area contributed by atoms with Crippen LogP contribution in [0.5, 0.6) is 0 Å². The number of nitrogens with zero attached hydrogens (tertiary/aromatic N) is 1. The molecule has 51 heavy (non-hydrogen) atoms. The number of halogens is 3. The second-order valence-corrected chi connectivity index (χ2v) is 14.4.